The second kappa shape index (κ2) is 6.16. The van der Waals surface area contributed by atoms with Gasteiger partial charge < -0.3 is 15.2 Å². The van der Waals surface area contributed by atoms with Gasteiger partial charge in [0.15, 0.2) is 0 Å². The lowest BCUT2D eigenvalue weighted by Crippen LogP contribution is -2.39. The predicted molar refractivity (Wildman–Crippen MR) is 77.7 cm³/mol. The van der Waals surface area contributed by atoms with Gasteiger partial charge in [-0.25, -0.2) is 4.79 Å². The number of hydrogen-bond acceptors (Lipinski definition) is 3. The van der Waals surface area contributed by atoms with Gasteiger partial charge in [0, 0.05) is 6.04 Å². The largest absolute Gasteiger partial charge is 0.481 e. The molecule has 114 valence electrons. The molecule has 21 heavy (non-hydrogen) atoms. The summed E-state index contributed by atoms with van der Waals surface area (Å²) in [5.41, 5.74) is 0.988. The van der Waals surface area contributed by atoms with Gasteiger partial charge in [0.05, 0.1) is 6.42 Å². The molecule has 5 heteroatoms. The van der Waals surface area contributed by atoms with Gasteiger partial charge in [0.25, 0.3) is 0 Å². The van der Waals surface area contributed by atoms with Gasteiger partial charge in [0.2, 0.25) is 0 Å². The smallest absolute Gasteiger partial charge is 0.407 e. The molecule has 0 spiro atoms. The number of amides is 1. The molecule has 1 aromatic rings. The number of nitrogens with one attached hydrogen (secondary N) is 1. The van der Waals surface area contributed by atoms with Crippen molar-refractivity contribution in [3.8, 4) is 0 Å². The predicted octanol–water partition coefficient (Wildman–Crippen LogP) is 2.80. The van der Waals surface area contributed by atoms with Crippen molar-refractivity contribution in [2.75, 3.05) is 0 Å². The SMILES string of the molecule is CC1(C)CC1C(CC(=O)O)NC(=O)OCc1ccccc1. The third-order valence-corrected chi connectivity index (χ3v) is 3.99. The van der Waals surface area contributed by atoms with Gasteiger partial charge in [-0.1, -0.05) is 44.2 Å². The first-order chi connectivity index (χ1) is 9.88. The van der Waals surface area contributed by atoms with E-state index in [-0.39, 0.29) is 30.4 Å². The zero-order valence-corrected chi connectivity index (χ0v) is 12.3. The first kappa shape index (κ1) is 15.4. The summed E-state index contributed by atoms with van der Waals surface area (Å²) in [6.07, 6.45) is 0.283. The van der Waals surface area contributed by atoms with Gasteiger partial charge in [-0.2, -0.15) is 0 Å². The third kappa shape index (κ3) is 4.48. The highest BCUT2D eigenvalue weighted by Crippen LogP contribution is 2.54. The van der Waals surface area contributed by atoms with Gasteiger partial charge in [0.1, 0.15) is 6.61 Å². The molecule has 2 N–H and O–H groups in total. The highest BCUT2D eigenvalue weighted by Gasteiger charge is 2.51. The molecule has 0 radical (unpaired) electrons. The van der Waals surface area contributed by atoms with E-state index < -0.39 is 12.1 Å². The van der Waals surface area contributed by atoms with Crippen molar-refractivity contribution >= 4 is 12.1 Å². The first-order valence-electron chi connectivity index (χ1n) is 7.07. The van der Waals surface area contributed by atoms with E-state index in [2.05, 4.69) is 19.2 Å². The van der Waals surface area contributed by atoms with Gasteiger partial charge in [-0.15, -0.1) is 0 Å². The summed E-state index contributed by atoms with van der Waals surface area (Å²) in [5.74, 6) is -0.719. The molecule has 1 amide bonds. The van der Waals surface area contributed by atoms with Crippen LogP contribution in [0.1, 0.15) is 32.3 Å². The van der Waals surface area contributed by atoms with Crippen LogP contribution in [-0.4, -0.2) is 23.2 Å². The summed E-state index contributed by atoms with van der Waals surface area (Å²) in [4.78, 5) is 22.7. The summed E-state index contributed by atoms with van der Waals surface area (Å²) in [5, 5.41) is 11.7. The Hall–Kier alpha value is -2.04. The minimum atomic E-state index is -0.911. The highest BCUT2D eigenvalue weighted by atomic mass is 16.5. The quantitative estimate of drug-likeness (QED) is 0.845. The van der Waals surface area contributed by atoms with Crippen molar-refractivity contribution in [3.05, 3.63) is 35.9 Å². The summed E-state index contributed by atoms with van der Waals surface area (Å²) in [6.45, 7) is 4.33. The molecule has 1 aliphatic carbocycles. The summed E-state index contributed by atoms with van der Waals surface area (Å²) < 4.78 is 5.14. The van der Waals surface area contributed by atoms with Crippen molar-refractivity contribution in [2.45, 2.75) is 39.3 Å². The Morgan fingerprint density at radius 2 is 2.00 bits per heavy atom. The maximum absolute atomic E-state index is 11.8. The summed E-state index contributed by atoms with van der Waals surface area (Å²) in [6, 6.07) is 8.99. The lowest BCUT2D eigenvalue weighted by molar-refractivity contribution is -0.137. The van der Waals surface area contributed by atoms with Gasteiger partial charge in [-0.3, -0.25) is 4.79 Å². The van der Waals surface area contributed by atoms with Crippen LogP contribution in [0.15, 0.2) is 30.3 Å². The maximum Gasteiger partial charge on any atom is 0.407 e. The fourth-order valence-corrected chi connectivity index (χ4v) is 2.59. The molecule has 0 aliphatic heterocycles. The number of carboxylic acid groups (broad SMARTS) is 1. The maximum atomic E-state index is 11.8. The Morgan fingerprint density at radius 3 is 2.52 bits per heavy atom. The van der Waals surface area contributed by atoms with Crippen molar-refractivity contribution in [1.82, 2.24) is 5.32 Å². The van der Waals surface area contributed by atoms with E-state index in [1.54, 1.807) is 0 Å². The van der Waals surface area contributed by atoms with Crippen LogP contribution in [0, 0.1) is 11.3 Å². The third-order valence-electron chi connectivity index (χ3n) is 3.99. The number of carbonyl (C=O) groups excluding carboxylic acids is 1. The molecule has 0 aromatic heterocycles. The molecular weight excluding hydrogens is 270 g/mol. The van der Waals surface area contributed by atoms with Crippen LogP contribution >= 0.6 is 0 Å². The Kier molecular flexibility index (Phi) is 4.50. The number of hydrogen-bond donors (Lipinski definition) is 2. The molecular formula is C16H21NO4. The molecule has 1 fully saturated rings. The molecule has 0 saturated heterocycles. The van der Waals surface area contributed by atoms with Crippen LogP contribution in [0.3, 0.4) is 0 Å². The highest BCUT2D eigenvalue weighted by molar-refractivity contribution is 5.71. The number of ether oxygens (including phenoxy) is 1. The fourth-order valence-electron chi connectivity index (χ4n) is 2.59. The van der Waals surface area contributed by atoms with E-state index in [1.165, 1.54) is 0 Å². The monoisotopic (exact) mass is 291 g/mol. The zero-order chi connectivity index (χ0) is 15.5. The van der Waals surface area contributed by atoms with Crippen LogP contribution in [0.2, 0.25) is 0 Å². The second-order valence-electron chi connectivity index (χ2n) is 6.21. The lowest BCUT2D eigenvalue weighted by atomic mass is 10.0. The summed E-state index contributed by atoms with van der Waals surface area (Å²) in [7, 11) is 0. The average Bonchev–Trinajstić information content (AvgIpc) is 3.05. The Labute approximate surface area is 124 Å². The van der Waals surface area contributed by atoms with E-state index in [1.807, 2.05) is 30.3 Å². The molecule has 0 bridgehead atoms. The van der Waals surface area contributed by atoms with Crippen molar-refractivity contribution in [3.63, 3.8) is 0 Å². The second-order valence-corrected chi connectivity index (χ2v) is 6.21. The normalized spacial score (nSPS) is 20.4. The van der Waals surface area contributed by atoms with Crippen LogP contribution in [0.25, 0.3) is 0 Å². The number of benzene rings is 1. The van der Waals surface area contributed by atoms with Crippen molar-refractivity contribution < 1.29 is 19.4 Å². The number of carboxylic acids is 1. The van der Waals surface area contributed by atoms with E-state index in [0.717, 1.165) is 12.0 Å². The molecule has 5 nitrogen and oxygen atoms in total. The lowest BCUT2D eigenvalue weighted by Gasteiger charge is -2.18. The summed E-state index contributed by atoms with van der Waals surface area (Å²) >= 11 is 0. The Balaban J connectivity index is 1.85. The van der Waals surface area contributed by atoms with Crippen molar-refractivity contribution in [2.24, 2.45) is 11.3 Å². The molecule has 1 aromatic carbocycles. The van der Waals surface area contributed by atoms with Gasteiger partial charge >= 0.3 is 12.1 Å². The van der Waals surface area contributed by atoms with Crippen LogP contribution in [0.4, 0.5) is 4.79 Å². The average molecular weight is 291 g/mol. The van der Waals surface area contributed by atoms with E-state index in [4.69, 9.17) is 9.84 Å². The number of aliphatic carboxylic acids is 1. The standard InChI is InChI=1S/C16H21NO4/c1-16(2)9-12(16)13(8-14(18)19)17-15(20)21-10-11-6-4-3-5-7-11/h3-7,12-13H,8-10H2,1-2H3,(H,17,20)(H,18,19). The molecule has 2 atom stereocenters. The Morgan fingerprint density at radius 1 is 1.38 bits per heavy atom. The number of rotatable bonds is 6. The minimum Gasteiger partial charge on any atom is -0.481 e. The zero-order valence-electron chi connectivity index (χ0n) is 12.3. The molecule has 1 saturated carbocycles. The van der Waals surface area contributed by atoms with Crippen LogP contribution < -0.4 is 5.32 Å². The number of alkyl carbamates (subject to hydrolysis) is 1. The van der Waals surface area contributed by atoms with E-state index in [0.29, 0.717) is 0 Å². The van der Waals surface area contributed by atoms with Crippen molar-refractivity contribution in [1.29, 1.82) is 0 Å². The van der Waals surface area contributed by atoms with E-state index in [9.17, 15) is 9.59 Å². The molecule has 1 aliphatic rings. The fraction of sp³-hybridized carbons (Fsp3) is 0.500. The van der Waals surface area contributed by atoms with Crippen LogP contribution in [0.5, 0.6) is 0 Å². The topological polar surface area (TPSA) is 75.6 Å². The number of carbonyl (C=O) groups is 2. The first-order valence-corrected chi connectivity index (χ1v) is 7.07. The van der Waals surface area contributed by atoms with E-state index >= 15 is 0 Å². The minimum absolute atomic E-state index is 0.0749. The Bertz CT molecular complexity index is 512. The van der Waals surface area contributed by atoms with Gasteiger partial charge in [-0.05, 0) is 23.3 Å². The molecule has 0 heterocycles. The molecule has 2 rings (SSSR count). The van der Waals surface area contributed by atoms with Crippen LogP contribution in [-0.2, 0) is 16.1 Å². The molecule has 2 unspecified atom stereocenters.